The molecule has 1 aliphatic rings. The van der Waals surface area contributed by atoms with Crippen molar-refractivity contribution in [3.63, 3.8) is 0 Å². The smallest absolute Gasteiger partial charge is 0.275 e. The van der Waals surface area contributed by atoms with Crippen molar-refractivity contribution in [3.05, 3.63) is 39.9 Å². The molecule has 0 spiro atoms. The van der Waals surface area contributed by atoms with Gasteiger partial charge in [0.15, 0.2) is 0 Å². The zero-order valence-electron chi connectivity index (χ0n) is 11.7. The maximum absolute atomic E-state index is 11.1. The van der Waals surface area contributed by atoms with Crippen LogP contribution < -0.4 is 0 Å². The number of β-amino-alcohol motifs (C(OH)–C–C–N with tert-alkyl or cyclic N) is 1. The van der Waals surface area contributed by atoms with Gasteiger partial charge >= 0.3 is 0 Å². The first-order valence-electron chi connectivity index (χ1n) is 6.87. The molecule has 21 heavy (non-hydrogen) atoms. The first kappa shape index (κ1) is 15.4. The van der Waals surface area contributed by atoms with E-state index >= 15 is 0 Å². The number of nitrogens with zero attached hydrogens (tertiary/aromatic N) is 4. The van der Waals surface area contributed by atoms with E-state index in [9.17, 15) is 15.4 Å². The van der Waals surface area contributed by atoms with Crippen LogP contribution in [0.5, 0.6) is 0 Å². The molecule has 2 rings (SSSR count). The van der Waals surface area contributed by atoms with Gasteiger partial charge in [0.25, 0.3) is 5.69 Å². The number of hydrogen-bond donors (Lipinski definition) is 1. The van der Waals surface area contributed by atoms with Crippen LogP contribution in [0.15, 0.2) is 24.3 Å². The zero-order chi connectivity index (χ0) is 15.2. The van der Waals surface area contributed by atoms with E-state index in [1.807, 2.05) is 4.90 Å². The van der Waals surface area contributed by atoms with Crippen LogP contribution in [-0.2, 0) is 0 Å². The Morgan fingerprint density at radius 2 is 2.00 bits per heavy atom. The summed E-state index contributed by atoms with van der Waals surface area (Å²) in [5, 5.41) is 29.5. The number of para-hydroxylation sites is 1. The predicted octanol–water partition coefficient (Wildman–Crippen LogP) is 0.769. The number of aliphatic hydroxyl groups excluding tert-OH is 1. The Hall–Kier alpha value is -2.01. The van der Waals surface area contributed by atoms with Gasteiger partial charge in [0.05, 0.1) is 23.2 Å². The molecule has 0 aromatic heterocycles. The Balaban J connectivity index is 2.15. The van der Waals surface area contributed by atoms with E-state index in [0.29, 0.717) is 25.2 Å². The molecule has 112 valence electrons. The third-order valence-corrected chi connectivity index (χ3v) is 3.74. The quantitative estimate of drug-likeness (QED) is 0.636. The first-order valence-corrected chi connectivity index (χ1v) is 6.87. The number of piperazine rings is 1. The van der Waals surface area contributed by atoms with Crippen LogP contribution in [0.2, 0.25) is 0 Å². The predicted molar refractivity (Wildman–Crippen MR) is 76.5 cm³/mol. The maximum atomic E-state index is 11.1. The summed E-state index contributed by atoms with van der Waals surface area (Å²) >= 11 is 0. The third-order valence-electron chi connectivity index (χ3n) is 3.74. The lowest BCUT2D eigenvalue weighted by Crippen LogP contribution is -2.48. The van der Waals surface area contributed by atoms with E-state index in [1.165, 1.54) is 6.07 Å². The van der Waals surface area contributed by atoms with Crippen molar-refractivity contribution in [2.45, 2.75) is 6.04 Å². The lowest BCUT2D eigenvalue weighted by Gasteiger charge is -2.36. The fourth-order valence-corrected chi connectivity index (χ4v) is 2.62. The average Bonchev–Trinajstić information content (AvgIpc) is 2.50. The van der Waals surface area contributed by atoms with E-state index in [4.69, 9.17) is 5.11 Å². The summed E-state index contributed by atoms with van der Waals surface area (Å²) in [6, 6.07) is 7.98. The van der Waals surface area contributed by atoms with Crippen LogP contribution in [-0.4, -0.2) is 59.2 Å². The van der Waals surface area contributed by atoms with Crippen molar-refractivity contribution in [1.29, 1.82) is 5.26 Å². The summed E-state index contributed by atoms with van der Waals surface area (Å²) in [6.45, 7) is 3.55. The number of nitro benzene ring substituents is 1. The molecule has 1 aromatic carbocycles. The van der Waals surface area contributed by atoms with Crippen molar-refractivity contribution < 1.29 is 10.0 Å². The number of nitro groups is 1. The first-order chi connectivity index (χ1) is 10.2. The second-order valence-electron chi connectivity index (χ2n) is 4.95. The third kappa shape index (κ3) is 3.55. The molecule has 1 saturated heterocycles. The molecule has 1 N–H and O–H groups in total. The summed E-state index contributed by atoms with van der Waals surface area (Å²) in [5.41, 5.74) is 0.433. The summed E-state index contributed by atoms with van der Waals surface area (Å²) in [7, 11) is 0. The molecule has 1 unspecified atom stereocenters. The summed E-state index contributed by atoms with van der Waals surface area (Å²) < 4.78 is 0. The maximum Gasteiger partial charge on any atom is 0.275 e. The molecule has 1 fully saturated rings. The van der Waals surface area contributed by atoms with Gasteiger partial charge in [-0.05, 0) is 6.07 Å². The van der Waals surface area contributed by atoms with Crippen molar-refractivity contribution in [3.8, 4) is 6.07 Å². The van der Waals surface area contributed by atoms with Crippen molar-refractivity contribution in [1.82, 2.24) is 9.80 Å². The summed E-state index contributed by atoms with van der Waals surface area (Å²) in [4.78, 5) is 14.7. The van der Waals surface area contributed by atoms with Gasteiger partial charge in [-0.1, -0.05) is 12.1 Å². The molecule has 7 nitrogen and oxygen atoms in total. The standard InChI is InChI=1S/C14H18N4O3/c15-11-14(12-3-1-2-4-13(12)18(20)21)17-7-5-16(6-8-17)9-10-19/h1-4,14,19H,5-10H2. The Morgan fingerprint density at radius 1 is 1.33 bits per heavy atom. The zero-order valence-corrected chi connectivity index (χ0v) is 11.7. The van der Waals surface area contributed by atoms with E-state index in [-0.39, 0.29) is 12.3 Å². The largest absolute Gasteiger partial charge is 0.395 e. The molecule has 0 saturated carbocycles. The van der Waals surface area contributed by atoms with Gasteiger partial charge < -0.3 is 5.11 Å². The van der Waals surface area contributed by atoms with Crippen LogP contribution >= 0.6 is 0 Å². The van der Waals surface area contributed by atoms with Gasteiger partial charge in [-0.25, -0.2) is 0 Å². The minimum atomic E-state index is -0.608. The molecule has 1 aromatic rings. The van der Waals surface area contributed by atoms with E-state index in [0.717, 1.165) is 13.1 Å². The van der Waals surface area contributed by atoms with Crippen LogP contribution in [0.3, 0.4) is 0 Å². The van der Waals surface area contributed by atoms with Gasteiger partial charge in [-0.3, -0.25) is 19.9 Å². The van der Waals surface area contributed by atoms with E-state index in [2.05, 4.69) is 11.0 Å². The Bertz CT molecular complexity index is 535. The molecule has 1 aliphatic heterocycles. The molecule has 0 bridgehead atoms. The Morgan fingerprint density at radius 3 is 2.57 bits per heavy atom. The number of aliphatic hydroxyl groups is 1. The normalized spacial score (nSPS) is 18.1. The van der Waals surface area contributed by atoms with Crippen molar-refractivity contribution in [2.75, 3.05) is 39.3 Å². The monoisotopic (exact) mass is 290 g/mol. The Kier molecular flexibility index (Phi) is 5.22. The highest BCUT2D eigenvalue weighted by Crippen LogP contribution is 2.29. The molecule has 0 radical (unpaired) electrons. The molecular formula is C14H18N4O3. The van der Waals surface area contributed by atoms with Gasteiger partial charge in [0, 0.05) is 38.8 Å². The molecule has 0 aliphatic carbocycles. The average molecular weight is 290 g/mol. The molecule has 1 atom stereocenters. The molecule has 7 heteroatoms. The summed E-state index contributed by atoms with van der Waals surface area (Å²) in [5.74, 6) is 0. The number of benzene rings is 1. The number of hydrogen-bond acceptors (Lipinski definition) is 6. The van der Waals surface area contributed by atoms with Crippen LogP contribution in [0, 0.1) is 21.4 Å². The van der Waals surface area contributed by atoms with E-state index < -0.39 is 11.0 Å². The minimum absolute atomic E-state index is 0.0122. The topological polar surface area (TPSA) is 93.6 Å². The Labute approximate surface area is 123 Å². The van der Waals surface area contributed by atoms with Crippen LogP contribution in [0.1, 0.15) is 11.6 Å². The molecule has 1 heterocycles. The van der Waals surface area contributed by atoms with Crippen LogP contribution in [0.25, 0.3) is 0 Å². The second-order valence-corrected chi connectivity index (χ2v) is 4.95. The lowest BCUT2D eigenvalue weighted by atomic mass is 10.0. The van der Waals surface area contributed by atoms with Gasteiger partial charge in [-0.15, -0.1) is 0 Å². The molecule has 0 amide bonds. The lowest BCUT2D eigenvalue weighted by molar-refractivity contribution is -0.385. The van der Waals surface area contributed by atoms with E-state index in [1.54, 1.807) is 18.2 Å². The van der Waals surface area contributed by atoms with Crippen LogP contribution in [0.4, 0.5) is 5.69 Å². The highest BCUT2D eigenvalue weighted by molar-refractivity contribution is 5.44. The fourth-order valence-electron chi connectivity index (χ4n) is 2.62. The van der Waals surface area contributed by atoms with Gasteiger partial charge in [-0.2, -0.15) is 5.26 Å². The SMILES string of the molecule is N#CC(c1ccccc1[N+](=O)[O-])N1CCN(CCO)CC1. The summed E-state index contributed by atoms with van der Waals surface area (Å²) in [6.07, 6.45) is 0. The van der Waals surface area contributed by atoms with Crippen molar-refractivity contribution in [2.24, 2.45) is 0 Å². The second kappa shape index (κ2) is 7.13. The van der Waals surface area contributed by atoms with Gasteiger partial charge in [0.2, 0.25) is 0 Å². The highest BCUT2D eigenvalue weighted by atomic mass is 16.6. The minimum Gasteiger partial charge on any atom is -0.395 e. The van der Waals surface area contributed by atoms with Crippen molar-refractivity contribution >= 4 is 5.69 Å². The number of rotatable bonds is 5. The number of nitriles is 1. The molecular weight excluding hydrogens is 272 g/mol. The fraction of sp³-hybridized carbons (Fsp3) is 0.500. The van der Waals surface area contributed by atoms with Gasteiger partial charge in [0.1, 0.15) is 6.04 Å². The highest BCUT2D eigenvalue weighted by Gasteiger charge is 2.29.